The number of carbonyl (C=O) groups is 4. The quantitative estimate of drug-likeness (QED) is 0.395. The number of ether oxygens (including phenoxy) is 1. The molecule has 0 aromatic heterocycles. The van der Waals surface area contributed by atoms with Crippen LogP contribution in [0.15, 0.2) is 24.3 Å². The minimum Gasteiger partial charge on any atom is -0.508 e. The summed E-state index contributed by atoms with van der Waals surface area (Å²) in [7, 11) is 0. The highest BCUT2D eigenvalue weighted by molar-refractivity contribution is 5.93. The zero-order chi connectivity index (χ0) is 26.5. The molecule has 4 amide bonds. The minimum atomic E-state index is -1.13. The standard InChI is InChI=1S/C25H38N4O6/c1-14(2)27-22(32)21(16-7-9-17(30)10-8-16)29(19-13-15(19)3)23(33)18(11-12-20(26)31)28-24(34)35-25(4,5)6/h7-10,14-15,18-19,21,30H,11-13H2,1-6H3,(H2,26,31)(H,27,32)(H,28,34). The average molecular weight is 491 g/mol. The summed E-state index contributed by atoms with van der Waals surface area (Å²) in [5, 5.41) is 15.2. The Bertz CT molecular complexity index is 925. The number of aromatic hydroxyl groups is 1. The summed E-state index contributed by atoms with van der Waals surface area (Å²) >= 11 is 0. The van der Waals surface area contributed by atoms with Gasteiger partial charge >= 0.3 is 6.09 Å². The number of alkyl carbamates (subject to hydrolysis) is 1. The third-order valence-electron chi connectivity index (χ3n) is 5.51. The van der Waals surface area contributed by atoms with Gasteiger partial charge in [0, 0.05) is 18.5 Å². The van der Waals surface area contributed by atoms with Crippen molar-refractivity contribution in [1.29, 1.82) is 0 Å². The molecule has 10 nitrogen and oxygen atoms in total. The van der Waals surface area contributed by atoms with Crippen molar-refractivity contribution in [1.82, 2.24) is 15.5 Å². The summed E-state index contributed by atoms with van der Waals surface area (Å²) in [6.45, 7) is 10.7. The normalized spacial score (nSPS) is 18.8. The van der Waals surface area contributed by atoms with E-state index in [1.807, 2.05) is 20.8 Å². The number of amides is 4. The SMILES string of the molecule is CC(C)NC(=O)C(c1ccc(O)cc1)N(C(=O)C(CCC(N)=O)NC(=O)OC(C)(C)C)C1CC1C. The number of phenols is 1. The highest BCUT2D eigenvalue weighted by Crippen LogP contribution is 2.41. The van der Waals surface area contributed by atoms with Crippen LogP contribution >= 0.6 is 0 Å². The lowest BCUT2D eigenvalue weighted by molar-refractivity contribution is -0.144. The molecule has 4 atom stereocenters. The minimum absolute atomic E-state index is 0.0281. The summed E-state index contributed by atoms with van der Waals surface area (Å²) < 4.78 is 5.32. The second-order valence-corrected chi connectivity index (χ2v) is 10.4. The fourth-order valence-electron chi connectivity index (χ4n) is 3.80. The maximum Gasteiger partial charge on any atom is 0.408 e. The molecule has 2 rings (SSSR count). The molecule has 5 N–H and O–H groups in total. The zero-order valence-corrected chi connectivity index (χ0v) is 21.3. The molecule has 10 heteroatoms. The van der Waals surface area contributed by atoms with Crippen LogP contribution in [0.25, 0.3) is 0 Å². The fourth-order valence-corrected chi connectivity index (χ4v) is 3.80. The Balaban J connectivity index is 2.47. The summed E-state index contributed by atoms with van der Waals surface area (Å²) in [5.74, 6) is -1.34. The lowest BCUT2D eigenvalue weighted by Gasteiger charge is -2.35. The third kappa shape index (κ3) is 8.45. The molecular formula is C25H38N4O6. The predicted octanol–water partition coefficient (Wildman–Crippen LogP) is 2.35. The molecule has 4 unspecified atom stereocenters. The number of nitrogens with two attached hydrogens (primary N) is 1. The highest BCUT2D eigenvalue weighted by atomic mass is 16.6. The zero-order valence-electron chi connectivity index (χ0n) is 21.3. The number of hydrogen-bond donors (Lipinski definition) is 4. The molecule has 1 saturated carbocycles. The van der Waals surface area contributed by atoms with Gasteiger partial charge in [-0.2, -0.15) is 0 Å². The Labute approximate surface area is 206 Å². The van der Waals surface area contributed by atoms with Crippen LogP contribution in [0, 0.1) is 5.92 Å². The van der Waals surface area contributed by atoms with Gasteiger partial charge in [0.05, 0.1) is 0 Å². The van der Waals surface area contributed by atoms with Gasteiger partial charge in [-0.05, 0) is 71.1 Å². The summed E-state index contributed by atoms with van der Waals surface area (Å²) in [6, 6.07) is 3.53. The first-order valence-corrected chi connectivity index (χ1v) is 11.9. The topological polar surface area (TPSA) is 151 Å². The Morgan fingerprint density at radius 1 is 1.14 bits per heavy atom. The molecule has 0 aliphatic heterocycles. The molecule has 194 valence electrons. The van der Waals surface area contributed by atoms with Crippen molar-refractivity contribution >= 4 is 23.8 Å². The van der Waals surface area contributed by atoms with E-state index in [1.165, 1.54) is 17.0 Å². The first-order valence-electron chi connectivity index (χ1n) is 11.9. The second kappa shape index (κ2) is 11.4. The number of phenolic OH excluding ortho intramolecular Hbond substituents is 1. The van der Waals surface area contributed by atoms with Gasteiger partial charge in [0.2, 0.25) is 17.7 Å². The van der Waals surface area contributed by atoms with E-state index < -0.39 is 35.6 Å². The van der Waals surface area contributed by atoms with Crippen LogP contribution in [-0.2, 0) is 19.1 Å². The first kappa shape index (κ1) is 27.9. The predicted molar refractivity (Wildman–Crippen MR) is 130 cm³/mol. The Kier molecular flexibility index (Phi) is 9.12. The Hall–Kier alpha value is -3.30. The summed E-state index contributed by atoms with van der Waals surface area (Å²) in [6.07, 6.45) is -0.303. The van der Waals surface area contributed by atoms with Crippen molar-refractivity contribution in [2.45, 2.75) is 90.6 Å². The van der Waals surface area contributed by atoms with Gasteiger partial charge in [-0.3, -0.25) is 14.4 Å². The highest BCUT2D eigenvalue weighted by Gasteiger charge is 2.48. The van der Waals surface area contributed by atoms with Crippen LogP contribution in [0.4, 0.5) is 4.79 Å². The monoisotopic (exact) mass is 490 g/mol. The smallest absolute Gasteiger partial charge is 0.408 e. The van der Waals surface area contributed by atoms with E-state index >= 15 is 0 Å². The number of primary amides is 1. The van der Waals surface area contributed by atoms with Crippen molar-refractivity contribution in [2.75, 3.05) is 0 Å². The van der Waals surface area contributed by atoms with E-state index in [9.17, 15) is 24.3 Å². The molecule has 0 heterocycles. The van der Waals surface area contributed by atoms with Crippen molar-refractivity contribution in [3.63, 3.8) is 0 Å². The molecule has 1 fully saturated rings. The van der Waals surface area contributed by atoms with Crippen molar-refractivity contribution in [3.05, 3.63) is 29.8 Å². The van der Waals surface area contributed by atoms with Gasteiger partial charge in [-0.25, -0.2) is 4.79 Å². The van der Waals surface area contributed by atoms with Crippen molar-refractivity contribution in [3.8, 4) is 5.75 Å². The van der Waals surface area contributed by atoms with Gasteiger partial charge in [0.1, 0.15) is 23.4 Å². The maximum atomic E-state index is 13.9. The number of nitrogens with zero attached hydrogens (tertiary/aromatic N) is 1. The first-order chi connectivity index (χ1) is 16.2. The molecule has 0 saturated heterocycles. The van der Waals surface area contributed by atoms with Gasteiger partial charge in [0.25, 0.3) is 0 Å². The second-order valence-electron chi connectivity index (χ2n) is 10.4. The van der Waals surface area contributed by atoms with Gasteiger partial charge in [-0.1, -0.05) is 19.1 Å². The fraction of sp³-hybridized carbons (Fsp3) is 0.600. The van der Waals surface area contributed by atoms with Crippen LogP contribution in [0.2, 0.25) is 0 Å². The van der Waals surface area contributed by atoms with Crippen LogP contribution in [0.5, 0.6) is 5.75 Å². The number of carbonyl (C=O) groups excluding carboxylic acids is 4. The van der Waals surface area contributed by atoms with Gasteiger partial charge in [0.15, 0.2) is 0 Å². The molecule has 0 radical (unpaired) electrons. The third-order valence-corrected chi connectivity index (χ3v) is 5.51. The van der Waals surface area contributed by atoms with Crippen molar-refractivity contribution < 1.29 is 29.0 Å². The summed E-state index contributed by atoms with van der Waals surface area (Å²) in [4.78, 5) is 52.8. The van der Waals surface area contributed by atoms with Crippen LogP contribution < -0.4 is 16.4 Å². The average Bonchev–Trinajstić information content (AvgIpc) is 3.43. The van der Waals surface area contributed by atoms with Gasteiger partial charge in [-0.15, -0.1) is 0 Å². The molecular weight excluding hydrogens is 452 g/mol. The molecule has 1 aromatic carbocycles. The Morgan fingerprint density at radius 3 is 2.17 bits per heavy atom. The number of rotatable bonds is 10. The summed E-state index contributed by atoms with van der Waals surface area (Å²) in [5.41, 5.74) is 5.04. The largest absolute Gasteiger partial charge is 0.508 e. The van der Waals surface area contributed by atoms with Crippen molar-refractivity contribution in [2.24, 2.45) is 11.7 Å². The molecule has 0 spiro atoms. The number of benzene rings is 1. The Morgan fingerprint density at radius 2 is 1.71 bits per heavy atom. The number of nitrogens with one attached hydrogen (secondary N) is 2. The lowest BCUT2D eigenvalue weighted by Crippen LogP contribution is -2.54. The van der Waals surface area contributed by atoms with E-state index in [0.717, 1.165) is 0 Å². The molecule has 35 heavy (non-hydrogen) atoms. The lowest BCUT2D eigenvalue weighted by atomic mass is 10.0. The molecule has 1 aromatic rings. The molecule has 1 aliphatic rings. The van der Waals surface area contributed by atoms with E-state index in [4.69, 9.17) is 10.5 Å². The molecule has 1 aliphatic carbocycles. The van der Waals surface area contributed by atoms with Crippen LogP contribution in [0.3, 0.4) is 0 Å². The van der Waals surface area contributed by atoms with E-state index in [1.54, 1.807) is 32.9 Å². The number of hydrogen-bond acceptors (Lipinski definition) is 6. The van der Waals surface area contributed by atoms with E-state index in [0.29, 0.717) is 12.0 Å². The van der Waals surface area contributed by atoms with Crippen LogP contribution in [-0.4, -0.2) is 57.5 Å². The molecule has 0 bridgehead atoms. The van der Waals surface area contributed by atoms with E-state index in [2.05, 4.69) is 10.6 Å². The van der Waals surface area contributed by atoms with Gasteiger partial charge < -0.3 is 31.1 Å². The van der Waals surface area contributed by atoms with E-state index in [-0.39, 0.29) is 42.5 Å². The van der Waals surface area contributed by atoms with Crippen LogP contribution in [0.1, 0.15) is 72.4 Å². The maximum absolute atomic E-state index is 13.9.